The standard InChI is InChI=1S/C16H28N2O5/c1-11-5-6-18(12(11)8-19)16(7-13(20)21)9-17(10-16)14(22)23-15(2,3)4/h11-12,19H,5-10H2,1-4H3,(H,20,21). The first kappa shape index (κ1) is 18.0. The van der Waals surface area contributed by atoms with Crippen molar-refractivity contribution < 1.29 is 24.5 Å². The molecule has 1 amide bonds. The Labute approximate surface area is 137 Å². The molecule has 0 aromatic rings. The fraction of sp³-hybridized carbons (Fsp3) is 0.875. The largest absolute Gasteiger partial charge is 0.481 e. The second-order valence-electron chi connectivity index (χ2n) is 7.84. The lowest BCUT2D eigenvalue weighted by Gasteiger charge is -2.55. The van der Waals surface area contributed by atoms with Crippen LogP contribution in [0.1, 0.15) is 40.5 Å². The minimum atomic E-state index is -0.884. The molecule has 2 aliphatic heterocycles. The second kappa shape index (κ2) is 6.28. The van der Waals surface area contributed by atoms with E-state index in [-0.39, 0.29) is 19.1 Å². The number of amides is 1. The molecule has 7 heteroatoms. The lowest BCUT2D eigenvalue weighted by atomic mass is 9.83. The Kier molecular flexibility index (Phi) is 4.92. The number of ether oxygens (including phenoxy) is 1. The molecule has 0 aromatic heterocycles. The van der Waals surface area contributed by atoms with Crippen LogP contribution in [-0.4, -0.2) is 75.5 Å². The predicted octanol–water partition coefficient (Wildman–Crippen LogP) is 1.15. The molecule has 2 saturated heterocycles. The molecule has 2 aliphatic rings. The molecule has 2 rings (SSSR count). The van der Waals surface area contributed by atoms with Crippen LogP contribution in [0.4, 0.5) is 4.79 Å². The molecule has 7 nitrogen and oxygen atoms in total. The number of carbonyl (C=O) groups is 2. The molecule has 2 atom stereocenters. The molecule has 0 spiro atoms. The smallest absolute Gasteiger partial charge is 0.410 e. The molecule has 2 heterocycles. The number of aliphatic carboxylic acids is 1. The van der Waals surface area contributed by atoms with E-state index >= 15 is 0 Å². The monoisotopic (exact) mass is 328 g/mol. The number of carboxylic acids is 1. The van der Waals surface area contributed by atoms with Crippen LogP contribution in [-0.2, 0) is 9.53 Å². The maximum atomic E-state index is 12.1. The van der Waals surface area contributed by atoms with E-state index in [0.29, 0.717) is 19.0 Å². The van der Waals surface area contributed by atoms with Gasteiger partial charge in [-0.05, 0) is 39.7 Å². The number of aliphatic hydroxyl groups excluding tert-OH is 1. The fourth-order valence-electron chi connectivity index (χ4n) is 3.67. The van der Waals surface area contributed by atoms with Gasteiger partial charge in [-0.15, -0.1) is 0 Å². The number of hydrogen-bond acceptors (Lipinski definition) is 5. The summed E-state index contributed by atoms with van der Waals surface area (Å²) in [7, 11) is 0. The molecule has 132 valence electrons. The summed E-state index contributed by atoms with van der Waals surface area (Å²) >= 11 is 0. The number of rotatable bonds is 4. The highest BCUT2D eigenvalue weighted by molar-refractivity contribution is 5.73. The highest BCUT2D eigenvalue weighted by Gasteiger charge is 2.55. The van der Waals surface area contributed by atoms with Crippen molar-refractivity contribution in [3.05, 3.63) is 0 Å². The minimum absolute atomic E-state index is 0.00890. The van der Waals surface area contributed by atoms with Crippen LogP contribution >= 0.6 is 0 Å². The molecule has 0 bridgehead atoms. The lowest BCUT2D eigenvalue weighted by Crippen LogP contribution is -2.73. The number of likely N-dealkylation sites (tertiary alicyclic amines) is 2. The van der Waals surface area contributed by atoms with Crippen LogP contribution in [0.5, 0.6) is 0 Å². The Morgan fingerprint density at radius 2 is 1.91 bits per heavy atom. The van der Waals surface area contributed by atoms with Crippen LogP contribution < -0.4 is 0 Å². The fourth-order valence-corrected chi connectivity index (χ4v) is 3.67. The van der Waals surface area contributed by atoms with E-state index in [4.69, 9.17) is 4.74 Å². The van der Waals surface area contributed by atoms with Crippen LogP contribution in [0.2, 0.25) is 0 Å². The van der Waals surface area contributed by atoms with Gasteiger partial charge in [-0.1, -0.05) is 6.92 Å². The second-order valence-corrected chi connectivity index (χ2v) is 7.84. The summed E-state index contributed by atoms with van der Waals surface area (Å²) in [6, 6.07) is -0.0462. The lowest BCUT2D eigenvalue weighted by molar-refractivity contribution is -0.147. The topological polar surface area (TPSA) is 90.3 Å². The van der Waals surface area contributed by atoms with E-state index in [1.165, 1.54) is 0 Å². The van der Waals surface area contributed by atoms with Crippen molar-refractivity contribution in [1.29, 1.82) is 0 Å². The van der Waals surface area contributed by atoms with E-state index in [1.807, 2.05) is 0 Å². The SMILES string of the molecule is CC1CCN(C2(CC(=O)O)CN(C(=O)OC(C)(C)C)C2)C1CO. The number of carbonyl (C=O) groups excluding carboxylic acids is 1. The van der Waals surface area contributed by atoms with Gasteiger partial charge in [0, 0.05) is 19.1 Å². The Hall–Kier alpha value is -1.34. The third-order valence-corrected chi connectivity index (χ3v) is 4.78. The summed E-state index contributed by atoms with van der Waals surface area (Å²) in [5, 5.41) is 18.9. The van der Waals surface area contributed by atoms with Gasteiger partial charge < -0.3 is 19.8 Å². The average molecular weight is 328 g/mol. The van der Waals surface area contributed by atoms with E-state index in [2.05, 4.69) is 11.8 Å². The van der Waals surface area contributed by atoms with Gasteiger partial charge in [-0.25, -0.2) is 4.79 Å². The first-order chi connectivity index (χ1) is 10.6. The molecule has 0 saturated carbocycles. The maximum absolute atomic E-state index is 12.1. The Balaban J connectivity index is 2.09. The molecule has 0 aromatic carbocycles. The molecule has 2 fully saturated rings. The summed E-state index contributed by atoms with van der Waals surface area (Å²) in [6.07, 6.45) is 0.487. The van der Waals surface area contributed by atoms with Crippen molar-refractivity contribution in [2.45, 2.75) is 57.7 Å². The normalized spacial score (nSPS) is 27.6. The molecule has 0 radical (unpaired) electrons. The van der Waals surface area contributed by atoms with Crippen molar-refractivity contribution in [2.75, 3.05) is 26.2 Å². The van der Waals surface area contributed by atoms with Crippen molar-refractivity contribution >= 4 is 12.1 Å². The highest BCUT2D eigenvalue weighted by atomic mass is 16.6. The predicted molar refractivity (Wildman–Crippen MR) is 84.2 cm³/mol. The van der Waals surface area contributed by atoms with E-state index in [9.17, 15) is 19.8 Å². The van der Waals surface area contributed by atoms with Crippen LogP contribution in [0.3, 0.4) is 0 Å². The van der Waals surface area contributed by atoms with Crippen LogP contribution in [0.15, 0.2) is 0 Å². The van der Waals surface area contributed by atoms with E-state index < -0.39 is 23.2 Å². The molecule has 0 aliphatic carbocycles. The van der Waals surface area contributed by atoms with E-state index in [0.717, 1.165) is 13.0 Å². The van der Waals surface area contributed by atoms with Gasteiger partial charge in [0.05, 0.1) is 18.6 Å². The molecular formula is C16H28N2O5. The molecule has 2 unspecified atom stereocenters. The van der Waals surface area contributed by atoms with E-state index in [1.54, 1.807) is 25.7 Å². The van der Waals surface area contributed by atoms with Crippen molar-refractivity contribution in [3.8, 4) is 0 Å². The Morgan fingerprint density at radius 3 is 2.39 bits per heavy atom. The Bertz CT molecular complexity index is 468. The zero-order valence-electron chi connectivity index (χ0n) is 14.4. The first-order valence-corrected chi connectivity index (χ1v) is 8.15. The zero-order chi connectivity index (χ0) is 17.4. The van der Waals surface area contributed by atoms with Crippen molar-refractivity contribution in [3.63, 3.8) is 0 Å². The third-order valence-electron chi connectivity index (χ3n) is 4.78. The number of aliphatic hydroxyl groups is 1. The van der Waals surface area contributed by atoms with Gasteiger partial charge in [0.2, 0.25) is 0 Å². The van der Waals surface area contributed by atoms with Gasteiger partial charge in [-0.3, -0.25) is 9.69 Å². The molecular weight excluding hydrogens is 300 g/mol. The maximum Gasteiger partial charge on any atom is 0.410 e. The zero-order valence-corrected chi connectivity index (χ0v) is 14.4. The van der Waals surface area contributed by atoms with Crippen LogP contribution in [0.25, 0.3) is 0 Å². The minimum Gasteiger partial charge on any atom is -0.481 e. The van der Waals surface area contributed by atoms with Crippen molar-refractivity contribution in [2.24, 2.45) is 5.92 Å². The summed E-state index contributed by atoms with van der Waals surface area (Å²) in [5.74, 6) is -0.564. The number of carboxylic acid groups (broad SMARTS) is 1. The first-order valence-electron chi connectivity index (χ1n) is 8.15. The van der Waals surface area contributed by atoms with Crippen molar-refractivity contribution in [1.82, 2.24) is 9.80 Å². The summed E-state index contributed by atoms with van der Waals surface area (Å²) < 4.78 is 5.35. The number of hydrogen-bond donors (Lipinski definition) is 2. The van der Waals surface area contributed by atoms with Gasteiger partial charge in [-0.2, -0.15) is 0 Å². The summed E-state index contributed by atoms with van der Waals surface area (Å²) in [4.78, 5) is 27.1. The summed E-state index contributed by atoms with van der Waals surface area (Å²) in [6.45, 7) is 8.91. The quantitative estimate of drug-likeness (QED) is 0.805. The van der Waals surface area contributed by atoms with Gasteiger partial charge >= 0.3 is 12.1 Å². The van der Waals surface area contributed by atoms with Gasteiger partial charge in [0.25, 0.3) is 0 Å². The average Bonchev–Trinajstić information content (AvgIpc) is 2.72. The van der Waals surface area contributed by atoms with Gasteiger partial charge in [0.1, 0.15) is 5.60 Å². The third kappa shape index (κ3) is 3.77. The molecule has 23 heavy (non-hydrogen) atoms. The highest BCUT2D eigenvalue weighted by Crippen LogP contribution is 2.39. The molecule has 2 N–H and O–H groups in total. The summed E-state index contributed by atoms with van der Waals surface area (Å²) in [5.41, 5.74) is -1.17. The van der Waals surface area contributed by atoms with Gasteiger partial charge in [0.15, 0.2) is 0 Å². The number of nitrogens with zero attached hydrogens (tertiary/aromatic N) is 2. The Morgan fingerprint density at radius 1 is 1.30 bits per heavy atom. The van der Waals surface area contributed by atoms with Crippen LogP contribution in [0, 0.1) is 5.92 Å².